The van der Waals surface area contributed by atoms with Gasteiger partial charge in [-0.15, -0.1) is 0 Å². The molecule has 3 fully saturated rings. The lowest BCUT2D eigenvalue weighted by Crippen LogP contribution is -2.70. The van der Waals surface area contributed by atoms with Gasteiger partial charge in [-0.05, 0) is 42.9 Å². The predicted molar refractivity (Wildman–Crippen MR) is 79.4 cm³/mol. The fourth-order valence-electron chi connectivity index (χ4n) is 3.46. The summed E-state index contributed by atoms with van der Waals surface area (Å²) in [5, 5.41) is 11.4. The maximum atomic E-state index is 12.5. The Morgan fingerprint density at radius 2 is 2.14 bits per heavy atom. The average Bonchev–Trinajstić information content (AvgIpc) is 2.41. The molecule has 3 aliphatic carbocycles. The molecule has 3 amide bonds. The van der Waals surface area contributed by atoms with E-state index < -0.39 is 6.03 Å². The van der Waals surface area contributed by atoms with Crippen LogP contribution in [0.15, 0.2) is 24.3 Å². The Morgan fingerprint density at radius 1 is 1.41 bits per heavy atom. The minimum atomic E-state index is -0.697. The van der Waals surface area contributed by atoms with E-state index >= 15 is 0 Å². The number of nitrogens with zero attached hydrogens (tertiary/aromatic N) is 2. The van der Waals surface area contributed by atoms with E-state index in [2.05, 4.69) is 11.4 Å². The molecule has 0 atom stereocenters. The summed E-state index contributed by atoms with van der Waals surface area (Å²) in [6.07, 6.45) is 3.10. The van der Waals surface area contributed by atoms with Gasteiger partial charge in [0.15, 0.2) is 0 Å². The first-order valence-electron chi connectivity index (χ1n) is 7.35. The number of nitrogens with one attached hydrogen (secondary N) is 1. The summed E-state index contributed by atoms with van der Waals surface area (Å²) in [6.45, 7) is 0.376. The van der Waals surface area contributed by atoms with Gasteiger partial charge in [-0.25, -0.2) is 4.79 Å². The molecule has 0 aromatic heterocycles. The van der Waals surface area contributed by atoms with Crippen molar-refractivity contribution < 1.29 is 9.59 Å². The first-order valence-corrected chi connectivity index (χ1v) is 7.35. The van der Waals surface area contributed by atoms with Crippen LogP contribution in [-0.2, 0) is 11.3 Å². The molecule has 1 aromatic carbocycles. The number of nitrogens with two attached hydrogens (primary N) is 1. The third-order valence-corrected chi connectivity index (χ3v) is 4.69. The molecule has 3 N–H and O–H groups in total. The minimum absolute atomic E-state index is 0.0519. The molecule has 0 unspecified atom stereocenters. The first-order chi connectivity index (χ1) is 10.5. The van der Waals surface area contributed by atoms with E-state index in [0.717, 1.165) is 30.7 Å². The number of carbonyl (C=O) groups excluding carboxylic acids is 2. The number of carbonyl (C=O) groups is 2. The van der Waals surface area contributed by atoms with Gasteiger partial charge in [-0.3, -0.25) is 4.79 Å². The van der Waals surface area contributed by atoms with Crippen LogP contribution < -0.4 is 11.1 Å². The lowest BCUT2D eigenvalue weighted by atomic mass is 9.49. The zero-order chi connectivity index (χ0) is 15.7. The Kier molecular flexibility index (Phi) is 3.49. The second kappa shape index (κ2) is 5.34. The van der Waals surface area contributed by atoms with Crippen molar-refractivity contribution in [2.24, 2.45) is 11.7 Å². The van der Waals surface area contributed by atoms with E-state index in [1.807, 2.05) is 17.0 Å². The highest BCUT2D eigenvalue weighted by Crippen LogP contribution is 2.60. The van der Waals surface area contributed by atoms with Crippen molar-refractivity contribution in [1.82, 2.24) is 10.2 Å². The molecule has 0 heterocycles. The number of primary amides is 1. The van der Waals surface area contributed by atoms with Crippen molar-refractivity contribution in [3.05, 3.63) is 35.4 Å². The number of rotatable bonds is 5. The molecule has 6 nitrogen and oxygen atoms in total. The summed E-state index contributed by atoms with van der Waals surface area (Å²) in [6, 6.07) is 8.68. The first kappa shape index (κ1) is 14.4. The van der Waals surface area contributed by atoms with Gasteiger partial charge in [-0.2, -0.15) is 5.26 Å². The number of nitriles is 1. The highest BCUT2D eigenvalue weighted by Gasteiger charge is 2.60. The van der Waals surface area contributed by atoms with Gasteiger partial charge in [0.25, 0.3) is 0 Å². The molecule has 6 heteroatoms. The molecule has 0 saturated heterocycles. The molecule has 2 bridgehead atoms. The van der Waals surface area contributed by atoms with Crippen molar-refractivity contribution in [3.63, 3.8) is 0 Å². The summed E-state index contributed by atoms with van der Waals surface area (Å²) in [5.41, 5.74) is 6.50. The Balaban J connectivity index is 1.75. The van der Waals surface area contributed by atoms with Crippen molar-refractivity contribution in [3.8, 4) is 6.07 Å². The fraction of sp³-hybridized carbons (Fsp3) is 0.438. The largest absolute Gasteiger partial charge is 0.352 e. The topological polar surface area (TPSA) is 99.2 Å². The van der Waals surface area contributed by atoms with Crippen LogP contribution in [-0.4, -0.2) is 28.9 Å². The van der Waals surface area contributed by atoms with Crippen LogP contribution in [0.5, 0.6) is 0 Å². The predicted octanol–water partition coefficient (Wildman–Crippen LogP) is 1.11. The molecule has 3 saturated carbocycles. The zero-order valence-electron chi connectivity index (χ0n) is 12.2. The van der Waals surface area contributed by atoms with E-state index in [1.165, 1.54) is 0 Å². The van der Waals surface area contributed by atoms with Gasteiger partial charge >= 0.3 is 6.03 Å². The number of benzene rings is 1. The molecule has 1 aromatic rings. The van der Waals surface area contributed by atoms with Crippen molar-refractivity contribution >= 4 is 11.9 Å². The second-order valence-corrected chi connectivity index (χ2v) is 6.21. The Labute approximate surface area is 128 Å². The molecule has 0 radical (unpaired) electrons. The Bertz CT molecular complexity index is 647. The smallest absolute Gasteiger partial charge is 0.312 e. The number of hydrogen-bond donors (Lipinski definition) is 2. The summed E-state index contributed by atoms with van der Waals surface area (Å²) in [4.78, 5) is 25.1. The zero-order valence-corrected chi connectivity index (χ0v) is 12.2. The average molecular weight is 298 g/mol. The SMILES string of the molecule is N#Cc1cccc(CN(C(=O)CNC(N)=O)C23CC(C2)C3)c1. The van der Waals surface area contributed by atoms with Gasteiger partial charge in [0.1, 0.15) is 0 Å². The molecular formula is C16H18N4O2. The maximum Gasteiger partial charge on any atom is 0.312 e. The van der Waals surface area contributed by atoms with Crippen molar-refractivity contribution in [2.75, 3.05) is 6.54 Å². The number of urea groups is 1. The summed E-state index contributed by atoms with van der Waals surface area (Å²) in [7, 11) is 0. The molecule has 0 aliphatic heterocycles. The van der Waals surface area contributed by atoms with Gasteiger partial charge in [0.05, 0.1) is 18.2 Å². The fourth-order valence-corrected chi connectivity index (χ4v) is 3.46. The van der Waals surface area contributed by atoms with Gasteiger partial charge in [0, 0.05) is 12.1 Å². The highest BCUT2D eigenvalue weighted by atomic mass is 16.2. The lowest BCUT2D eigenvalue weighted by Gasteiger charge is -2.66. The molecule has 0 spiro atoms. The van der Waals surface area contributed by atoms with E-state index in [4.69, 9.17) is 11.0 Å². The van der Waals surface area contributed by atoms with Crippen LogP contribution in [0.25, 0.3) is 0 Å². The standard InChI is InChI=1S/C16H18N4O2/c17-8-11-2-1-3-12(4-11)10-20(14(21)9-19-15(18)22)16-5-13(6-16)7-16/h1-4,13H,5-7,9-10H2,(H3,18,19,22). The minimum Gasteiger partial charge on any atom is -0.352 e. The van der Waals surface area contributed by atoms with Crippen LogP contribution in [0.4, 0.5) is 4.79 Å². The molecular weight excluding hydrogens is 280 g/mol. The Morgan fingerprint density at radius 3 is 2.68 bits per heavy atom. The van der Waals surface area contributed by atoms with Gasteiger partial charge < -0.3 is 16.0 Å². The summed E-state index contributed by atoms with van der Waals surface area (Å²) < 4.78 is 0. The normalized spacial score (nSPS) is 24.4. The maximum absolute atomic E-state index is 12.5. The summed E-state index contributed by atoms with van der Waals surface area (Å²) >= 11 is 0. The monoisotopic (exact) mass is 298 g/mol. The van der Waals surface area contributed by atoms with Crippen LogP contribution in [0.2, 0.25) is 0 Å². The Hall–Kier alpha value is -2.55. The third-order valence-electron chi connectivity index (χ3n) is 4.69. The van der Waals surface area contributed by atoms with Crippen LogP contribution in [0, 0.1) is 17.2 Å². The van der Waals surface area contributed by atoms with E-state index in [9.17, 15) is 9.59 Å². The second-order valence-electron chi connectivity index (χ2n) is 6.21. The number of amides is 3. The van der Waals surface area contributed by atoms with Crippen LogP contribution in [0.1, 0.15) is 30.4 Å². The van der Waals surface area contributed by atoms with Gasteiger partial charge in [-0.1, -0.05) is 12.1 Å². The van der Waals surface area contributed by atoms with Crippen LogP contribution in [0.3, 0.4) is 0 Å². The third kappa shape index (κ3) is 2.50. The van der Waals surface area contributed by atoms with Gasteiger partial charge in [0.2, 0.25) is 5.91 Å². The summed E-state index contributed by atoms with van der Waals surface area (Å²) in [5.74, 6) is 0.615. The van der Waals surface area contributed by atoms with Crippen LogP contribution >= 0.6 is 0 Å². The van der Waals surface area contributed by atoms with E-state index in [1.54, 1.807) is 12.1 Å². The molecule has 4 rings (SSSR count). The van der Waals surface area contributed by atoms with E-state index in [-0.39, 0.29) is 18.0 Å². The molecule has 22 heavy (non-hydrogen) atoms. The van der Waals surface area contributed by atoms with Crippen molar-refractivity contribution in [1.29, 1.82) is 5.26 Å². The number of hydrogen-bond acceptors (Lipinski definition) is 3. The van der Waals surface area contributed by atoms with Crippen molar-refractivity contribution in [2.45, 2.75) is 31.3 Å². The lowest BCUT2D eigenvalue weighted by molar-refractivity contribution is -0.173. The molecule has 3 aliphatic rings. The quantitative estimate of drug-likeness (QED) is 0.851. The molecule has 114 valence electrons. The highest BCUT2D eigenvalue weighted by molar-refractivity contribution is 5.84. The van der Waals surface area contributed by atoms with E-state index in [0.29, 0.717) is 12.1 Å².